The summed E-state index contributed by atoms with van der Waals surface area (Å²) in [4.78, 5) is 32.4. The van der Waals surface area contributed by atoms with Crippen molar-refractivity contribution in [1.29, 1.82) is 0 Å². The van der Waals surface area contributed by atoms with Gasteiger partial charge in [0.15, 0.2) is 23.0 Å². The fraction of sp³-hybridized carbons (Fsp3) is 0.233. The van der Waals surface area contributed by atoms with Crippen molar-refractivity contribution in [2.24, 2.45) is 5.92 Å². The number of amides is 1. The number of aromatic nitrogens is 5. The Morgan fingerprint density at radius 2 is 1.88 bits per heavy atom. The van der Waals surface area contributed by atoms with Crippen LogP contribution in [0.4, 0.5) is 20.3 Å². The van der Waals surface area contributed by atoms with E-state index in [0.717, 1.165) is 36.8 Å². The second-order valence-electron chi connectivity index (χ2n) is 10.6. The van der Waals surface area contributed by atoms with Gasteiger partial charge in [0.1, 0.15) is 22.5 Å². The Labute approximate surface area is 243 Å². The van der Waals surface area contributed by atoms with Gasteiger partial charge in [-0.2, -0.15) is 14.9 Å². The van der Waals surface area contributed by atoms with E-state index in [4.69, 9.17) is 4.74 Å². The molecular formula is C30H26F2N8O3. The van der Waals surface area contributed by atoms with Crippen molar-refractivity contribution in [3.05, 3.63) is 94.5 Å². The van der Waals surface area contributed by atoms with Crippen molar-refractivity contribution in [1.82, 2.24) is 30.3 Å². The lowest BCUT2D eigenvalue weighted by Crippen LogP contribution is -2.46. The molecule has 1 amide bonds. The minimum atomic E-state index is -0.754. The number of fused-ring (bicyclic) bond motifs is 2. The number of piperidine rings is 1. The van der Waals surface area contributed by atoms with Crippen LogP contribution >= 0.6 is 0 Å². The van der Waals surface area contributed by atoms with Gasteiger partial charge in [0.2, 0.25) is 0 Å². The molecule has 0 aliphatic carbocycles. The molecule has 7 rings (SSSR count). The Bertz CT molecular complexity index is 1890. The summed E-state index contributed by atoms with van der Waals surface area (Å²) in [6.07, 6.45) is 5.08. The Morgan fingerprint density at radius 3 is 2.72 bits per heavy atom. The van der Waals surface area contributed by atoms with Crippen LogP contribution in [0.15, 0.2) is 71.8 Å². The Balaban J connectivity index is 1.11. The van der Waals surface area contributed by atoms with Gasteiger partial charge in [-0.25, -0.2) is 13.8 Å². The molecule has 11 nitrogen and oxygen atoms in total. The van der Waals surface area contributed by atoms with Crippen molar-refractivity contribution in [2.45, 2.75) is 18.9 Å². The summed E-state index contributed by atoms with van der Waals surface area (Å²) in [5.41, 5.74) is 0.0116. The number of nitrogens with one attached hydrogen (secondary N) is 3. The van der Waals surface area contributed by atoms with E-state index in [-0.39, 0.29) is 17.0 Å². The lowest BCUT2D eigenvalue weighted by Gasteiger charge is -2.35. The molecule has 5 heterocycles. The monoisotopic (exact) mass is 584 g/mol. The van der Waals surface area contributed by atoms with E-state index in [2.05, 4.69) is 35.8 Å². The van der Waals surface area contributed by atoms with Crippen molar-refractivity contribution >= 4 is 28.4 Å². The molecule has 2 aliphatic rings. The Kier molecular flexibility index (Phi) is 6.78. The number of carbonyl (C=O) groups is 1. The van der Waals surface area contributed by atoms with Crippen molar-refractivity contribution in [2.75, 3.05) is 29.9 Å². The summed E-state index contributed by atoms with van der Waals surface area (Å²) in [6, 6.07) is 12.4. The molecule has 0 saturated carbocycles. The number of H-pyrrole nitrogens is 1. The summed E-state index contributed by atoms with van der Waals surface area (Å²) < 4.78 is 35.6. The first-order valence-corrected chi connectivity index (χ1v) is 13.9. The highest BCUT2D eigenvalue weighted by atomic mass is 19.1. The predicted octanol–water partition coefficient (Wildman–Crippen LogP) is 4.01. The summed E-state index contributed by atoms with van der Waals surface area (Å²) in [5.74, 6) is -0.241. The van der Waals surface area contributed by atoms with Gasteiger partial charge in [-0.15, -0.1) is 0 Å². The van der Waals surface area contributed by atoms with E-state index in [0.29, 0.717) is 40.2 Å². The van der Waals surface area contributed by atoms with E-state index in [9.17, 15) is 14.0 Å². The smallest absolute Gasteiger partial charge is 0.284 e. The molecule has 2 saturated heterocycles. The minimum Gasteiger partial charge on any atom is -0.453 e. The Morgan fingerprint density at radius 1 is 1.02 bits per heavy atom. The fourth-order valence-corrected chi connectivity index (χ4v) is 5.77. The highest BCUT2D eigenvalue weighted by Gasteiger charge is 2.34. The van der Waals surface area contributed by atoms with E-state index in [1.165, 1.54) is 55.1 Å². The summed E-state index contributed by atoms with van der Waals surface area (Å²) in [7, 11) is 0. The molecule has 43 heavy (non-hydrogen) atoms. The average molecular weight is 585 g/mol. The van der Waals surface area contributed by atoms with Crippen LogP contribution in [-0.4, -0.2) is 56.5 Å². The van der Waals surface area contributed by atoms with Crippen molar-refractivity contribution < 1.29 is 18.3 Å². The molecule has 5 aromatic rings. The van der Waals surface area contributed by atoms with E-state index < -0.39 is 23.1 Å². The van der Waals surface area contributed by atoms with Crippen molar-refractivity contribution in [3.8, 4) is 17.2 Å². The highest BCUT2D eigenvalue weighted by Crippen LogP contribution is 2.38. The molecule has 2 aliphatic heterocycles. The maximum atomic E-state index is 15.3. The van der Waals surface area contributed by atoms with Gasteiger partial charge in [-0.1, -0.05) is 0 Å². The van der Waals surface area contributed by atoms with Crippen LogP contribution in [0.5, 0.6) is 11.5 Å². The van der Waals surface area contributed by atoms with Crippen LogP contribution in [0.1, 0.15) is 23.2 Å². The third kappa shape index (κ3) is 5.07. The molecule has 0 bridgehead atoms. The molecule has 2 aromatic carbocycles. The fourth-order valence-electron chi connectivity index (χ4n) is 5.77. The third-order valence-electron chi connectivity index (χ3n) is 7.95. The standard InChI is InChI=1S/C30H26F2N8O3/c31-18-1-4-20(5-2-18)40-30(42)21(8-13-35-40)29(41)36-19-3-6-24(22(32)15-19)43-25-9-12-34-27-26(25)28(38-37-27)39-14-10-17-7-11-33-23(17)16-39/h1-6,8-9,12-13,15,17,23,33H,7,10-11,14,16H2,(H,36,41)(H,34,37,38)/t17-,23+/m0/s1. The van der Waals surface area contributed by atoms with Gasteiger partial charge in [-0.3, -0.25) is 14.7 Å². The second kappa shape index (κ2) is 10.9. The summed E-state index contributed by atoms with van der Waals surface area (Å²) in [6.45, 7) is 2.69. The molecule has 3 aromatic heterocycles. The van der Waals surface area contributed by atoms with Crippen molar-refractivity contribution in [3.63, 3.8) is 0 Å². The summed E-state index contributed by atoms with van der Waals surface area (Å²) in [5, 5.41) is 18.2. The van der Waals surface area contributed by atoms with E-state index in [1.807, 2.05) is 0 Å². The summed E-state index contributed by atoms with van der Waals surface area (Å²) >= 11 is 0. The molecule has 2 fully saturated rings. The van der Waals surface area contributed by atoms with Gasteiger partial charge in [-0.05, 0) is 67.8 Å². The number of hydrogen-bond acceptors (Lipinski definition) is 8. The molecule has 218 valence electrons. The molecular weight excluding hydrogens is 558 g/mol. The average Bonchev–Trinajstić information content (AvgIpc) is 3.66. The van der Waals surface area contributed by atoms with Gasteiger partial charge in [0.05, 0.1) is 5.69 Å². The second-order valence-corrected chi connectivity index (χ2v) is 10.6. The van der Waals surface area contributed by atoms with Crippen LogP contribution in [0, 0.1) is 17.6 Å². The number of hydrogen-bond donors (Lipinski definition) is 3. The molecule has 2 atom stereocenters. The first-order valence-electron chi connectivity index (χ1n) is 13.9. The SMILES string of the molecule is O=C(Nc1ccc(Oc2ccnc3[nH]nc(N4CC[C@@H]5CCN[C@@H]5C4)c23)c(F)c1)c1ccnn(-c2ccc(F)cc2)c1=O. The molecule has 3 N–H and O–H groups in total. The van der Waals surface area contributed by atoms with Gasteiger partial charge < -0.3 is 20.3 Å². The predicted molar refractivity (Wildman–Crippen MR) is 155 cm³/mol. The van der Waals surface area contributed by atoms with Crippen LogP contribution < -0.4 is 25.8 Å². The molecule has 0 radical (unpaired) electrons. The maximum Gasteiger partial charge on any atom is 0.284 e. The van der Waals surface area contributed by atoms with Gasteiger partial charge >= 0.3 is 0 Å². The number of anilines is 2. The lowest BCUT2D eigenvalue weighted by atomic mass is 9.92. The van der Waals surface area contributed by atoms with Gasteiger partial charge in [0, 0.05) is 49.3 Å². The zero-order valence-corrected chi connectivity index (χ0v) is 22.8. The first kappa shape index (κ1) is 26.7. The highest BCUT2D eigenvalue weighted by molar-refractivity contribution is 6.04. The normalized spacial score (nSPS) is 18.0. The van der Waals surface area contributed by atoms with Crippen LogP contribution in [-0.2, 0) is 0 Å². The number of halogens is 2. The number of ether oxygens (including phenoxy) is 1. The molecule has 13 heteroatoms. The van der Waals surface area contributed by atoms with E-state index in [1.54, 1.807) is 12.3 Å². The van der Waals surface area contributed by atoms with E-state index >= 15 is 4.39 Å². The minimum absolute atomic E-state index is 0.0589. The number of nitrogens with zero attached hydrogens (tertiary/aromatic N) is 5. The first-order chi connectivity index (χ1) is 20.9. The largest absolute Gasteiger partial charge is 0.453 e. The quantitative estimate of drug-likeness (QED) is 0.273. The number of pyridine rings is 1. The topological polar surface area (TPSA) is 130 Å². The van der Waals surface area contributed by atoms with Gasteiger partial charge in [0.25, 0.3) is 11.5 Å². The van der Waals surface area contributed by atoms with Crippen LogP contribution in [0.25, 0.3) is 16.7 Å². The number of carbonyl (C=O) groups excluding carboxylic acids is 1. The molecule has 0 unspecified atom stereocenters. The zero-order valence-electron chi connectivity index (χ0n) is 22.8. The lowest BCUT2D eigenvalue weighted by molar-refractivity contribution is 0.102. The number of benzene rings is 2. The molecule has 0 spiro atoms. The van der Waals surface area contributed by atoms with Crippen LogP contribution in [0.3, 0.4) is 0 Å². The Hall–Kier alpha value is -5.17. The third-order valence-corrected chi connectivity index (χ3v) is 7.95. The van der Waals surface area contributed by atoms with Crippen LogP contribution in [0.2, 0.25) is 0 Å². The zero-order chi connectivity index (χ0) is 29.5. The number of rotatable bonds is 6. The maximum absolute atomic E-state index is 15.3. The number of aromatic amines is 1.